The summed E-state index contributed by atoms with van der Waals surface area (Å²) in [6.45, 7) is 0.392. The average molecular weight is 406 g/mol. The van der Waals surface area contributed by atoms with Gasteiger partial charge in [0.1, 0.15) is 5.75 Å². The van der Waals surface area contributed by atoms with Crippen molar-refractivity contribution in [3.05, 3.63) is 35.9 Å². The number of hydrogen-bond acceptors (Lipinski definition) is 5. The predicted molar refractivity (Wildman–Crippen MR) is 108 cm³/mol. The summed E-state index contributed by atoms with van der Waals surface area (Å²) in [5.74, 6) is -0.532. The number of aliphatic imine (C=N–C) groups is 1. The monoisotopic (exact) mass is 405 g/mol. The second kappa shape index (κ2) is 9.55. The second-order valence-corrected chi connectivity index (χ2v) is 9.36. The number of carbonyl (C=O) groups is 1. The molecular formula is C19H27N5O3S. The smallest absolute Gasteiger partial charge is 0.235 e. The number of hydrogen-bond donors (Lipinski definition) is 3. The van der Waals surface area contributed by atoms with Crippen LogP contribution in [-0.2, 0) is 20.0 Å². The van der Waals surface area contributed by atoms with Crippen molar-refractivity contribution in [3.8, 4) is 6.19 Å². The normalized spacial score (nSPS) is 22.8. The molecule has 0 aromatic heterocycles. The van der Waals surface area contributed by atoms with Crippen molar-refractivity contribution in [1.82, 2.24) is 16.0 Å². The van der Waals surface area contributed by atoms with Crippen LogP contribution in [0.1, 0.15) is 31.2 Å². The van der Waals surface area contributed by atoms with E-state index >= 15 is 0 Å². The number of guanidine groups is 1. The van der Waals surface area contributed by atoms with E-state index in [9.17, 15) is 13.2 Å². The first-order valence-corrected chi connectivity index (χ1v) is 11.2. The number of benzene rings is 1. The van der Waals surface area contributed by atoms with Crippen molar-refractivity contribution < 1.29 is 13.2 Å². The standard InChI is InChI=1S/C19H27N5O3S/c1-21-18(23-14-20)24-16-8-10-19(11-9-16,15-6-4-3-5-7-15)13-22-17(25)12-28(2,26)27/h3-7,16H,8-13H2,1-2H3,(H,22,25)(H2,21,23,24)/t16-,19-. The molecule has 0 heterocycles. The van der Waals surface area contributed by atoms with Crippen LogP contribution in [-0.4, -0.2) is 51.9 Å². The van der Waals surface area contributed by atoms with Gasteiger partial charge in [-0.05, 0) is 31.2 Å². The van der Waals surface area contributed by atoms with Crippen LogP contribution in [0.4, 0.5) is 0 Å². The first-order valence-electron chi connectivity index (χ1n) is 9.19. The molecule has 1 aliphatic rings. The molecule has 8 nitrogen and oxygen atoms in total. The lowest BCUT2D eigenvalue weighted by atomic mass is 9.68. The number of nitrogens with one attached hydrogen (secondary N) is 3. The van der Waals surface area contributed by atoms with E-state index in [0.29, 0.717) is 12.5 Å². The first kappa shape index (κ1) is 21.7. The SMILES string of the molecule is CN/C(=N\C#N)N[C@H]1CC[C@](CNC(=O)CS(C)(=O)=O)(c2ccccc2)CC1. The maximum atomic E-state index is 12.0. The van der Waals surface area contributed by atoms with Gasteiger partial charge >= 0.3 is 0 Å². The number of sulfone groups is 1. The predicted octanol–water partition coefficient (Wildman–Crippen LogP) is 0.674. The Bertz CT molecular complexity index is 838. The molecule has 1 aromatic rings. The molecule has 1 saturated carbocycles. The van der Waals surface area contributed by atoms with Crippen LogP contribution in [0.3, 0.4) is 0 Å². The van der Waals surface area contributed by atoms with Gasteiger partial charge in [0, 0.05) is 31.3 Å². The van der Waals surface area contributed by atoms with Gasteiger partial charge in [-0.1, -0.05) is 30.3 Å². The maximum absolute atomic E-state index is 12.0. The van der Waals surface area contributed by atoms with Gasteiger partial charge in [0.25, 0.3) is 0 Å². The van der Waals surface area contributed by atoms with E-state index in [2.05, 4.69) is 20.9 Å². The van der Waals surface area contributed by atoms with Crippen LogP contribution in [0.25, 0.3) is 0 Å². The summed E-state index contributed by atoms with van der Waals surface area (Å²) in [7, 11) is -1.65. The molecule has 1 amide bonds. The highest BCUT2D eigenvalue weighted by molar-refractivity contribution is 7.91. The largest absolute Gasteiger partial charge is 0.359 e. The van der Waals surface area contributed by atoms with Gasteiger partial charge in [-0.3, -0.25) is 4.79 Å². The molecule has 1 fully saturated rings. The molecule has 0 atom stereocenters. The highest BCUT2D eigenvalue weighted by atomic mass is 32.2. The fraction of sp³-hybridized carbons (Fsp3) is 0.526. The zero-order valence-electron chi connectivity index (χ0n) is 16.2. The van der Waals surface area contributed by atoms with Gasteiger partial charge in [-0.2, -0.15) is 5.26 Å². The van der Waals surface area contributed by atoms with E-state index < -0.39 is 21.5 Å². The maximum Gasteiger partial charge on any atom is 0.235 e. The topological polar surface area (TPSA) is 123 Å². The Kier molecular flexibility index (Phi) is 7.40. The van der Waals surface area contributed by atoms with Crippen molar-refractivity contribution in [2.24, 2.45) is 4.99 Å². The minimum Gasteiger partial charge on any atom is -0.359 e. The minimum atomic E-state index is -3.36. The van der Waals surface area contributed by atoms with Crippen molar-refractivity contribution in [1.29, 1.82) is 5.26 Å². The van der Waals surface area contributed by atoms with Crippen molar-refractivity contribution >= 4 is 21.7 Å². The first-order chi connectivity index (χ1) is 13.3. The molecule has 152 valence electrons. The summed E-state index contributed by atoms with van der Waals surface area (Å²) in [4.78, 5) is 15.7. The molecule has 9 heteroatoms. The van der Waals surface area contributed by atoms with Crippen LogP contribution < -0.4 is 16.0 Å². The molecule has 0 spiro atoms. The molecule has 28 heavy (non-hydrogen) atoms. The summed E-state index contributed by atoms with van der Waals surface area (Å²) in [6.07, 6.45) is 6.13. The lowest BCUT2D eigenvalue weighted by Gasteiger charge is -2.41. The lowest BCUT2D eigenvalue weighted by molar-refractivity contribution is -0.119. The molecule has 0 saturated heterocycles. The molecule has 0 aliphatic heterocycles. The molecule has 0 bridgehead atoms. The molecule has 0 unspecified atom stereocenters. The third-order valence-corrected chi connectivity index (χ3v) is 5.87. The van der Waals surface area contributed by atoms with E-state index in [4.69, 9.17) is 5.26 Å². The molecule has 1 aliphatic carbocycles. The van der Waals surface area contributed by atoms with Gasteiger partial charge in [0.15, 0.2) is 9.84 Å². The third kappa shape index (κ3) is 6.23. The lowest BCUT2D eigenvalue weighted by Crippen LogP contribution is -2.49. The summed E-state index contributed by atoms with van der Waals surface area (Å²) >= 11 is 0. The van der Waals surface area contributed by atoms with Crippen LogP contribution in [0.2, 0.25) is 0 Å². The van der Waals surface area contributed by atoms with Gasteiger partial charge in [0.05, 0.1) is 0 Å². The highest BCUT2D eigenvalue weighted by Gasteiger charge is 2.37. The molecule has 0 radical (unpaired) electrons. The minimum absolute atomic E-state index is 0.170. The zero-order chi connectivity index (χ0) is 20.6. The van der Waals surface area contributed by atoms with Crippen molar-refractivity contribution in [2.75, 3.05) is 25.6 Å². The van der Waals surface area contributed by atoms with E-state index in [1.807, 2.05) is 30.3 Å². The Labute approximate surface area is 166 Å². The fourth-order valence-corrected chi connectivity index (χ4v) is 4.21. The van der Waals surface area contributed by atoms with Crippen molar-refractivity contribution in [3.63, 3.8) is 0 Å². The number of nitriles is 1. The average Bonchev–Trinajstić information content (AvgIpc) is 2.66. The Morgan fingerprint density at radius 1 is 1.29 bits per heavy atom. The van der Waals surface area contributed by atoms with E-state index in [1.54, 1.807) is 13.2 Å². The number of nitrogens with zero attached hydrogens (tertiary/aromatic N) is 2. The number of carbonyl (C=O) groups excluding carboxylic acids is 1. The van der Waals surface area contributed by atoms with Crippen LogP contribution in [0, 0.1) is 11.5 Å². The zero-order valence-corrected chi connectivity index (χ0v) is 17.1. The molecule has 3 N–H and O–H groups in total. The van der Waals surface area contributed by atoms with E-state index in [0.717, 1.165) is 37.5 Å². The van der Waals surface area contributed by atoms with Crippen LogP contribution in [0.15, 0.2) is 35.3 Å². The van der Waals surface area contributed by atoms with Crippen molar-refractivity contribution in [2.45, 2.75) is 37.1 Å². The Morgan fingerprint density at radius 2 is 1.93 bits per heavy atom. The van der Waals surface area contributed by atoms with Crippen LogP contribution >= 0.6 is 0 Å². The third-order valence-electron chi connectivity index (χ3n) is 5.09. The molecule has 2 rings (SSSR count). The quantitative estimate of drug-likeness (QED) is 0.363. The van der Waals surface area contributed by atoms with Crippen LogP contribution in [0.5, 0.6) is 0 Å². The fourth-order valence-electron chi connectivity index (χ4n) is 3.63. The number of amides is 1. The van der Waals surface area contributed by atoms with Gasteiger partial charge < -0.3 is 16.0 Å². The summed E-state index contributed by atoms with van der Waals surface area (Å²) < 4.78 is 22.7. The number of rotatable bonds is 6. The summed E-state index contributed by atoms with van der Waals surface area (Å²) in [6, 6.07) is 10.2. The molecule has 1 aromatic carbocycles. The Hall–Kier alpha value is -2.60. The second-order valence-electron chi connectivity index (χ2n) is 7.22. The summed E-state index contributed by atoms with van der Waals surface area (Å²) in [5, 5.41) is 17.7. The summed E-state index contributed by atoms with van der Waals surface area (Å²) in [5.41, 5.74) is 0.881. The van der Waals surface area contributed by atoms with E-state index in [1.165, 1.54) is 0 Å². The van der Waals surface area contributed by atoms with E-state index in [-0.39, 0.29) is 11.5 Å². The molecular weight excluding hydrogens is 378 g/mol. The highest BCUT2D eigenvalue weighted by Crippen LogP contribution is 2.39. The van der Waals surface area contributed by atoms with Gasteiger partial charge in [-0.15, -0.1) is 4.99 Å². The van der Waals surface area contributed by atoms with Gasteiger partial charge in [0.2, 0.25) is 18.1 Å². The Balaban J connectivity index is 2.09. The van der Waals surface area contributed by atoms with Gasteiger partial charge in [-0.25, -0.2) is 8.42 Å². The Morgan fingerprint density at radius 3 is 2.46 bits per heavy atom.